The third-order valence-corrected chi connectivity index (χ3v) is 5.95. The number of nitrogens with zero attached hydrogens (tertiary/aromatic N) is 4. The number of rotatable bonds is 3. The molecule has 3 heterocycles. The van der Waals surface area contributed by atoms with Crippen LogP contribution in [0.1, 0.15) is 41.4 Å². The van der Waals surface area contributed by atoms with Gasteiger partial charge in [-0.2, -0.15) is 5.10 Å². The van der Waals surface area contributed by atoms with Gasteiger partial charge in [0.05, 0.1) is 11.4 Å². The average molecular weight is 402 g/mol. The summed E-state index contributed by atoms with van der Waals surface area (Å²) in [5.41, 5.74) is 2.03. The minimum atomic E-state index is -0.146. The number of hydrogen-bond acceptors (Lipinski definition) is 5. The molecule has 2 aliphatic heterocycles. The zero-order valence-corrected chi connectivity index (χ0v) is 16.5. The number of para-hydroxylation sites is 1. The molecule has 2 amide bonds. The highest BCUT2D eigenvalue weighted by Crippen LogP contribution is 2.32. The first kappa shape index (κ1) is 18.5. The number of piperidine rings is 1. The summed E-state index contributed by atoms with van der Waals surface area (Å²) in [7, 11) is 0. The molecule has 5 rings (SSSR count). The summed E-state index contributed by atoms with van der Waals surface area (Å²) in [6.45, 7) is 1.04. The molecule has 1 aromatic heterocycles. The van der Waals surface area contributed by atoms with Gasteiger partial charge in [0, 0.05) is 31.6 Å². The van der Waals surface area contributed by atoms with Crippen LogP contribution in [-0.4, -0.2) is 46.2 Å². The zero-order valence-electron chi connectivity index (χ0n) is 16.5. The second-order valence-corrected chi connectivity index (χ2v) is 7.74. The van der Waals surface area contributed by atoms with Gasteiger partial charge in [-0.3, -0.25) is 9.59 Å². The van der Waals surface area contributed by atoms with E-state index in [4.69, 9.17) is 4.52 Å². The minimum Gasteiger partial charge on any atom is -0.355 e. The van der Waals surface area contributed by atoms with E-state index in [0.29, 0.717) is 37.2 Å². The summed E-state index contributed by atoms with van der Waals surface area (Å²) in [5, 5.41) is 10.7. The van der Waals surface area contributed by atoms with Crippen molar-refractivity contribution in [3.63, 3.8) is 0 Å². The molecule has 0 aliphatic carbocycles. The minimum absolute atomic E-state index is 0.0385. The maximum absolute atomic E-state index is 13.1. The molecule has 7 heteroatoms. The Hall–Kier alpha value is -3.48. The summed E-state index contributed by atoms with van der Waals surface area (Å²) in [6.07, 6.45) is 3.78. The second-order valence-electron chi connectivity index (χ2n) is 7.74. The first-order chi connectivity index (χ1) is 14.7. The number of amides is 2. The van der Waals surface area contributed by atoms with Crippen molar-refractivity contribution in [3.05, 3.63) is 65.9 Å². The highest BCUT2D eigenvalue weighted by Gasteiger charge is 2.36. The average Bonchev–Trinajstić information content (AvgIpc) is 3.46. The first-order valence-electron chi connectivity index (χ1n) is 10.3. The summed E-state index contributed by atoms with van der Waals surface area (Å²) in [4.78, 5) is 27.8. The van der Waals surface area contributed by atoms with Crippen molar-refractivity contribution in [1.29, 1.82) is 0 Å². The molecule has 1 saturated heterocycles. The molecule has 2 aliphatic rings. The Labute approximate surface area is 173 Å². The van der Waals surface area contributed by atoms with Crippen LogP contribution in [0.15, 0.2) is 64.2 Å². The number of hydrogen-bond donors (Lipinski definition) is 0. The van der Waals surface area contributed by atoms with Crippen molar-refractivity contribution < 1.29 is 14.1 Å². The van der Waals surface area contributed by atoms with Gasteiger partial charge in [0.1, 0.15) is 0 Å². The molecule has 1 unspecified atom stereocenters. The third-order valence-electron chi connectivity index (χ3n) is 5.95. The zero-order chi connectivity index (χ0) is 20.5. The topological polar surface area (TPSA) is 79.0 Å². The van der Waals surface area contributed by atoms with Gasteiger partial charge in [-0.25, -0.2) is 5.01 Å². The van der Waals surface area contributed by atoms with Crippen LogP contribution in [0, 0.1) is 5.92 Å². The Morgan fingerprint density at radius 2 is 1.70 bits per heavy atom. The maximum Gasteiger partial charge on any atom is 0.276 e. The first-order valence-corrected chi connectivity index (χ1v) is 10.3. The number of carbonyl (C=O) groups is 2. The van der Waals surface area contributed by atoms with Gasteiger partial charge >= 0.3 is 0 Å². The van der Waals surface area contributed by atoms with E-state index in [0.717, 1.165) is 17.4 Å². The standard InChI is InChI=1S/C23H22N4O3/c28-22(27-19(10-13-24-27)16-6-2-1-3-7-16)17-11-14-26(15-12-17)23(29)21-18-8-4-5-9-20(18)30-25-21/h1-9,13,17,19H,10-12,14-15H2. The molecule has 2 aromatic carbocycles. The fraction of sp³-hybridized carbons (Fsp3) is 0.304. The van der Waals surface area contributed by atoms with Crippen LogP contribution >= 0.6 is 0 Å². The molecule has 1 atom stereocenters. The van der Waals surface area contributed by atoms with Crippen molar-refractivity contribution in [3.8, 4) is 0 Å². The van der Waals surface area contributed by atoms with Crippen LogP contribution in [0.5, 0.6) is 0 Å². The molecule has 0 N–H and O–H groups in total. The van der Waals surface area contributed by atoms with E-state index in [-0.39, 0.29) is 23.8 Å². The van der Waals surface area contributed by atoms with Crippen molar-refractivity contribution in [2.45, 2.75) is 25.3 Å². The van der Waals surface area contributed by atoms with Gasteiger partial charge in [-0.05, 0) is 30.5 Å². The molecule has 30 heavy (non-hydrogen) atoms. The molecular weight excluding hydrogens is 380 g/mol. The Morgan fingerprint density at radius 3 is 2.50 bits per heavy atom. The van der Waals surface area contributed by atoms with E-state index in [2.05, 4.69) is 10.3 Å². The van der Waals surface area contributed by atoms with Crippen molar-refractivity contribution in [2.75, 3.05) is 13.1 Å². The van der Waals surface area contributed by atoms with Crippen LogP contribution in [0.4, 0.5) is 0 Å². The van der Waals surface area contributed by atoms with Crippen LogP contribution in [0.2, 0.25) is 0 Å². The summed E-state index contributed by atoms with van der Waals surface area (Å²) in [5.74, 6) is -0.242. The summed E-state index contributed by atoms with van der Waals surface area (Å²) in [6, 6.07) is 17.3. The Balaban J connectivity index is 1.25. The van der Waals surface area contributed by atoms with Crippen LogP contribution < -0.4 is 0 Å². The van der Waals surface area contributed by atoms with Crippen LogP contribution in [0.3, 0.4) is 0 Å². The smallest absolute Gasteiger partial charge is 0.276 e. The predicted molar refractivity (Wildman–Crippen MR) is 112 cm³/mol. The fourth-order valence-electron chi connectivity index (χ4n) is 4.28. The summed E-state index contributed by atoms with van der Waals surface area (Å²) < 4.78 is 5.27. The molecule has 7 nitrogen and oxygen atoms in total. The predicted octanol–water partition coefficient (Wildman–Crippen LogP) is 3.64. The molecule has 3 aromatic rings. The lowest BCUT2D eigenvalue weighted by Crippen LogP contribution is -2.43. The maximum atomic E-state index is 13.1. The molecule has 0 saturated carbocycles. The van der Waals surface area contributed by atoms with E-state index >= 15 is 0 Å². The second kappa shape index (κ2) is 7.74. The molecular formula is C23H22N4O3. The Bertz CT molecular complexity index is 1100. The van der Waals surface area contributed by atoms with Gasteiger partial charge in [0.15, 0.2) is 11.3 Å². The number of likely N-dealkylation sites (tertiary alicyclic amines) is 1. The molecule has 152 valence electrons. The number of carbonyl (C=O) groups excluding carboxylic acids is 2. The van der Waals surface area contributed by atoms with Crippen molar-refractivity contribution in [2.24, 2.45) is 11.0 Å². The molecule has 0 bridgehead atoms. The summed E-state index contributed by atoms with van der Waals surface area (Å²) >= 11 is 0. The lowest BCUT2D eigenvalue weighted by atomic mass is 9.94. The van der Waals surface area contributed by atoms with E-state index in [1.165, 1.54) is 0 Å². The normalized spacial score (nSPS) is 19.5. The van der Waals surface area contributed by atoms with Gasteiger partial charge < -0.3 is 9.42 Å². The molecule has 0 radical (unpaired) electrons. The lowest BCUT2D eigenvalue weighted by Gasteiger charge is -2.33. The van der Waals surface area contributed by atoms with Gasteiger partial charge in [-0.1, -0.05) is 47.6 Å². The van der Waals surface area contributed by atoms with Crippen molar-refractivity contribution in [1.82, 2.24) is 15.1 Å². The van der Waals surface area contributed by atoms with Crippen LogP contribution in [0.25, 0.3) is 11.0 Å². The Kier molecular flexibility index (Phi) is 4.78. The Morgan fingerprint density at radius 1 is 0.967 bits per heavy atom. The highest BCUT2D eigenvalue weighted by atomic mass is 16.5. The largest absolute Gasteiger partial charge is 0.355 e. The number of hydrazone groups is 1. The van der Waals surface area contributed by atoms with Gasteiger partial charge in [0.25, 0.3) is 5.91 Å². The van der Waals surface area contributed by atoms with Gasteiger partial charge in [-0.15, -0.1) is 0 Å². The fourth-order valence-corrected chi connectivity index (χ4v) is 4.28. The highest BCUT2D eigenvalue weighted by molar-refractivity contribution is 6.04. The quantitative estimate of drug-likeness (QED) is 0.670. The lowest BCUT2D eigenvalue weighted by molar-refractivity contribution is -0.138. The molecule has 0 spiro atoms. The number of benzene rings is 2. The van der Waals surface area contributed by atoms with E-state index in [9.17, 15) is 9.59 Å². The van der Waals surface area contributed by atoms with E-state index < -0.39 is 0 Å². The van der Waals surface area contributed by atoms with Crippen LogP contribution in [-0.2, 0) is 4.79 Å². The van der Waals surface area contributed by atoms with E-state index in [1.54, 1.807) is 16.0 Å². The van der Waals surface area contributed by atoms with Crippen molar-refractivity contribution >= 4 is 29.0 Å². The van der Waals surface area contributed by atoms with Gasteiger partial charge in [0.2, 0.25) is 5.91 Å². The third kappa shape index (κ3) is 3.26. The molecule has 1 fully saturated rings. The monoisotopic (exact) mass is 402 g/mol. The number of aromatic nitrogens is 1. The number of fused-ring (bicyclic) bond motifs is 1. The SMILES string of the molecule is O=C(c1noc2ccccc12)N1CCC(C(=O)N2N=CCC2c2ccccc2)CC1. The van der Waals surface area contributed by atoms with E-state index in [1.807, 2.05) is 54.7 Å².